The van der Waals surface area contributed by atoms with E-state index in [-0.39, 0.29) is 23.7 Å². The lowest BCUT2D eigenvalue weighted by molar-refractivity contribution is -0.127. The number of hydrogen-bond acceptors (Lipinski definition) is 4. The average Bonchev–Trinajstić information content (AvgIpc) is 2.61. The summed E-state index contributed by atoms with van der Waals surface area (Å²) in [6, 6.07) is 10.0. The first-order chi connectivity index (χ1) is 11.9. The van der Waals surface area contributed by atoms with Crippen molar-refractivity contribution in [3.05, 3.63) is 59.4 Å². The van der Waals surface area contributed by atoms with Crippen molar-refractivity contribution in [1.29, 1.82) is 0 Å². The number of hydrogen-bond donors (Lipinski definition) is 2. The molecule has 0 bridgehead atoms. The van der Waals surface area contributed by atoms with Crippen molar-refractivity contribution >= 4 is 11.9 Å². The average molecular weight is 347 g/mol. The van der Waals surface area contributed by atoms with Crippen LogP contribution in [0.5, 0.6) is 11.5 Å². The molecule has 1 unspecified atom stereocenters. The molecule has 1 atom stereocenters. The lowest BCUT2D eigenvalue weighted by atomic mass is 10.2. The molecule has 2 aromatic carbocycles. The van der Waals surface area contributed by atoms with Crippen LogP contribution in [0, 0.1) is 5.82 Å². The molecule has 0 fully saturated rings. The van der Waals surface area contributed by atoms with Crippen LogP contribution in [0.3, 0.4) is 0 Å². The second-order valence-electron chi connectivity index (χ2n) is 5.27. The van der Waals surface area contributed by atoms with Gasteiger partial charge < -0.3 is 19.9 Å². The van der Waals surface area contributed by atoms with E-state index in [1.165, 1.54) is 38.3 Å². The van der Waals surface area contributed by atoms with E-state index in [0.717, 1.165) is 5.56 Å². The third-order valence-electron chi connectivity index (χ3n) is 3.47. The summed E-state index contributed by atoms with van der Waals surface area (Å²) in [5.41, 5.74) is 0.634. The summed E-state index contributed by atoms with van der Waals surface area (Å²) >= 11 is 0. The number of methoxy groups -OCH3 is 1. The van der Waals surface area contributed by atoms with E-state index >= 15 is 0 Å². The van der Waals surface area contributed by atoms with Crippen LogP contribution in [-0.4, -0.2) is 30.2 Å². The topological polar surface area (TPSA) is 84.9 Å². The van der Waals surface area contributed by atoms with Crippen molar-refractivity contribution in [2.75, 3.05) is 7.11 Å². The Balaban J connectivity index is 2.01. The molecule has 132 valence electrons. The molecule has 2 aromatic rings. The van der Waals surface area contributed by atoms with Gasteiger partial charge in [-0.25, -0.2) is 9.18 Å². The first-order valence-corrected chi connectivity index (χ1v) is 7.51. The van der Waals surface area contributed by atoms with Gasteiger partial charge in [-0.3, -0.25) is 4.79 Å². The van der Waals surface area contributed by atoms with Crippen molar-refractivity contribution < 1.29 is 28.6 Å². The summed E-state index contributed by atoms with van der Waals surface area (Å²) in [5.74, 6) is -1.52. The molecule has 25 heavy (non-hydrogen) atoms. The number of amides is 1. The third-order valence-corrected chi connectivity index (χ3v) is 3.47. The second kappa shape index (κ2) is 8.14. The SMILES string of the molecule is COc1ccc(OC(C)C(=O)NCc2ccc(F)cc2)c(C(=O)O)c1. The number of aromatic carboxylic acids is 1. The molecule has 0 aliphatic carbocycles. The smallest absolute Gasteiger partial charge is 0.339 e. The highest BCUT2D eigenvalue weighted by molar-refractivity contribution is 5.91. The van der Waals surface area contributed by atoms with Gasteiger partial charge in [0.05, 0.1) is 7.11 Å². The normalized spacial score (nSPS) is 11.5. The van der Waals surface area contributed by atoms with E-state index in [1.807, 2.05) is 0 Å². The lowest BCUT2D eigenvalue weighted by Crippen LogP contribution is -2.36. The fourth-order valence-corrected chi connectivity index (χ4v) is 2.09. The largest absolute Gasteiger partial charge is 0.497 e. The summed E-state index contributed by atoms with van der Waals surface area (Å²) in [4.78, 5) is 23.4. The van der Waals surface area contributed by atoms with Gasteiger partial charge in [-0.05, 0) is 42.8 Å². The van der Waals surface area contributed by atoms with Crippen molar-refractivity contribution in [3.8, 4) is 11.5 Å². The van der Waals surface area contributed by atoms with Gasteiger partial charge in [-0.1, -0.05) is 12.1 Å². The molecule has 0 aliphatic rings. The molecule has 1 amide bonds. The molecule has 0 aromatic heterocycles. The number of ether oxygens (including phenoxy) is 2. The zero-order chi connectivity index (χ0) is 18.4. The van der Waals surface area contributed by atoms with Gasteiger partial charge in [0.25, 0.3) is 5.91 Å². The van der Waals surface area contributed by atoms with E-state index in [1.54, 1.807) is 18.2 Å². The molecule has 2 rings (SSSR count). The van der Waals surface area contributed by atoms with Crippen LogP contribution in [0.4, 0.5) is 4.39 Å². The number of nitrogens with one attached hydrogen (secondary N) is 1. The maximum atomic E-state index is 12.8. The monoisotopic (exact) mass is 347 g/mol. The van der Waals surface area contributed by atoms with Gasteiger partial charge in [-0.15, -0.1) is 0 Å². The van der Waals surface area contributed by atoms with Gasteiger partial charge in [-0.2, -0.15) is 0 Å². The number of carbonyl (C=O) groups excluding carboxylic acids is 1. The molecule has 0 radical (unpaired) electrons. The third kappa shape index (κ3) is 4.94. The number of rotatable bonds is 7. The van der Waals surface area contributed by atoms with E-state index in [9.17, 15) is 19.1 Å². The Kier molecular flexibility index (Phi) is 5.94. The zero-order valence-electron chi connectivity index (χ0n) is 13.8. The Bertz CT molecular complexity index is 761. The first kappa shape index (κ1) is 18.3. The van der Waals surface area contributed by atoms with Gasteiger partial charge in [0.1, 0.15) is 22.9 Å². The van der Waals surface area contributed by atoms with Gasteiger partial charge in [0.15, 0.2) is 6.10 Å². The molecule has 0 saturated heterocycles. The first-order valence-electron chi connectivity index (χ1n) is 7.51. The Morgan fingerprint density at radius 3 is 2.48 bits per heavy atom. The number of benzene rings is 2. The molecule has 7 heteroatoms. The summed E-state index contributed by atoms with van der Waals surface area (Å²) in [6.45, 7) is 1.72. The minimum Gasteiger partial charge on any atom is -0.497 e. The molecule has 0 saturated carbocycles. The molecule has 6 nitrogen and oxygen atoms in total. The van der Waals surface area contributed by atoms with Crippen molar-refractivity contribution in [1.82, 2.24) is 5.32 Å². The van der Waals surface area contributed by atoms with E-state index in [0.29, 0.717) is 5.75 Å². The van der Waals surface area contributed by atoms with Crippen LogP contribution >= 0.6 is 0 Å². The summed E-state index contributed by atoms with van der Waals surface area (Å²) < 4.78 is 23.3. The fourth-order valence-electron chi connectivity index (χ4n) is 2.09. The number of carboxylic acid groups (broad SMARTS) is 1. The van der Waals surface area contributed by atoms with E-state index < -0.39 is 18.0 Å². The van der Waals surface area contributed by atoms with Crippen molar-refractivity contribution in [2.24, 2.45) is 0 Å². The highest BCUT2D eigenvalue weighted by Gasteiger charge is 2.19. The van der Waals surface area contributed by atoms with Crippen LogP contribution in [0.2, 0.25) is 0 Å². The number of carboxylic acids is 1. The van der Waals surface area contributed by atoms with Crippen LogP contribution in [0.25, 0.3) is 0 Å². The minimum absolute atomic E-state index is 0.0673. The standard InChI is InChI=1S/C18H18FNO5/c1-11(17(21)20-10-12-3-5-13(19)6-4-12)25-16-8-7-14(24-2)9-15(16)18(22)23/h3-9,11H,10H2,1-2H3,(H,20,21)(H,22,23). The maximum Gasteiger partial charge on any atom is 0.339 e. The summed E-state index contributed by atoms with van der Waals surface area (Å²) in [6.07, 6.45) is -0.910. The Morgan fingerprint density at radius 2 is 1.88 bits per heavy atom. The highest BCUT2D eigenvalue weighted by Crippen LogP contribution is 2.25. The Hall–Kier alpha value is -3.09. The number of halogens is 1. The molecule has 2 N–H and O–H groups in total. The van der Waals surface area contributed by atoms with Crippen LogP contribution < -0.4 is 14.8 Å². The van der Waals surface area contributed by atoms with Gasteiger partial charge in [0, 0.05) is 6.54 Å². The van der Waals surface area contributed by atoms with Crippen molar-refractivity contribution in [3.63, 3.8) is 0 Å². The highest BCUT2D eigenvalue weighted by atomic mass is 19.1. The Morgan fingerprint density at radius 1 is 1.20 bits per heavy atom. The second-order valence-corrected chi connectivity index (χ2v) is 5.27. The lowest BCUT2D eigenvalue weighted by Gasteiger charge is -2.16. The van der Waals surface area contributed by atoms with Crippen LogP contribution in [-0.2, 0) is 11.3 Å². The van der Waals surface area contributed by atoms with E-state index in [2.05, 4.69) is 5.32 Å². The molecular formula is C18H18FNO5. The molecular weight excluding hydrogens is 329 g/mol. The summed E-state index contributed by atoms with van der Waals surface area (Å²) in [7, 11) is 1.42. The molecule has 0 heterocycles. The predicted octanol–water partition coefficient (Wildman–Crippen LogP) is 2.62. The van der Waals surface area contributed by atoms with Gasteiger partial charge in [0.2, 0.25) is 0 Å². The quantitative estimate of drug-likeness (QED) is 0.804. The van der Waals surface area contributed by atoms with Gasteiger partial charge >= 0.3 is 5.97 Å². The predicted molar refractivity (Wildman–Crippen MR) is 88.3 cm³/mol. The number of carbonyl (C=O) groups is 2. The molecule has 0 aliphatic heterocycles. The summed E-state index contributed by atoms with van der Waals surface area (Å²) in [5, 5.41) is 11.9. The Labute approximate surface area is 144 Å². The zero-order valence-corrected chi connectivity index (χ0v) is 13.8. The van der Waals surface area contributed by atoms with E-state index in [4.69, 9.17) is 9.47 Å². The fraction of sp³-hybridized carbons (Fsp3) is 0.222. The van der Waals surface area contributed by atoms with Crippen molar-refractivity contribution in [2.45, 2.75) is 19.6 Å². The maximum absolute atomic E-state index is 12.8. The van der Waals surface area contributed by atoms with Crippen LogP contribution in [0.1, 0.15) is 22.8 Å². The minimum atomic E-state index is -1.19. The molecule has 0 spiro atoms. The van der Waals surface area contributed by atoms with Crippen LogP contribution in [0.15, 0.2) is 42.5 Å².